The Hall–Kier alpha value is -2.37. The maximum absolute atomic E-state index is 11.9. The van der Waals surface area contributed by atoms with Crippen LogP contribution in [0.3, 0.4) is 0 Å². The van der Waals surface area contributed by atoms with E-state index < -0.39 is 6.10 Å². The van der Waals surface area contributed by atoms with E-state index in [2.05, 4.69) is 38.1 Å². The molecule has 5 heteroatoms. The molecule has 1 saturated heterocycles. The topological polar surface area (TPSA) is 68.3 Å². The summed E-state index contributed by atoms with van der Waals surface area (Å²) < 4.78 is 17.2. The highest BCUT2D eigenvalue weighted by molar-refractivity contribution is 5.78. The van der Waals surface area contributed by atoms with Gasteiger partial charge in [0.2, 0.25) is 0 Å². The maximum Gasteiger partial charge on any atom is 0.133 e. The van der Waals surface area contributed by atoms with Gasteiger partial charge in [0.25, 0.3) is 0 Å². The molecule has 3 rings (SSSR count). The molecular weight excluding hydrogens is 416 g/mol. The van der Waals surface area contributed by atoms with Crippen LogP contribution in [0.4, 0.5) is 0 Å². The Labute approximate surface area is 198 Å². The van der Waals surface area contributed by atoms with E-state index in [1.165, 1.54) is 0 Å². The molecule has 2 aromatic rings. The van der Waals surface area contributed by atoms with E-state index in [0.717, 1.165) is 51.5 Å². The van der Waals surface area contributed by atoms with Crippen LogP contribution in [0.1, 0.15) is 55.4 Å². The highest BCUT2D eigenvalue weighted by Gasteiger charge is 2.24. The zero-order chi connectivity index (χ0) is 24.1. The van der Waals surface area contributed by atoms with Crippen LogP contribution in [-0.4, -0.2) is 42.9 Å². The second-order valence-electron chi connectivity index (χ2n) is 9.78. The molecular formula is C28H38O5. The van der Waals surface area contributed by atoms with E-state index in [0.29, 0.717) is 31.8 Å². The molecule has 33 heavy (non-hydrogen) atoms. The number of benzene rings is 2. The Bertz CT molecular complexity index is 928. The van der Waals surface area contributed by atoms with E-state index in [9.17, 15) is 9.90 Å². The monoisotopic (exact) mass is 454 g/mol. The maximum atomic E-state index is 11.9. The Morgan fingerprint density at radius 3 is 1.91 bits per heavy atom. The Balaban J connectivity index is 1.64. The zero-order valence-electron chi connectivity index (χ0n) is 20.9. The van der Waals surface area contributed by atoms with Gasteiger partial charge in [-0.25, -0.2) is 0 Å². The third-order valence-corrected chi connectivity index (χ3v) is 5.88. The van der Waals surface area contributed by atoms with Crippen LogP contribution in [-0.2, 0) is 9.53 Å². The second kappa shape index (κ2) is 11.2. The largest absolute Gasteiger partial charge is 0.490 e. The zero-order valence-corrected chi connectivity index (χ0v) is 20.9. The number of aliphatic hydroxyl groups excluding tert-OH is 1. The van der Waals surface area contributed by atoms with Gasteiger partial charge in [0, 0.05) is 12.8 Å². The van der Waals surface area contributed by atoms with Gasteiger partial charge < -0.3 is 19.3 Å². The molecule has 2 unspecified atom stereocenters. The first-order valence-corrected chi connectivity index (χ1v) is 11.9. The third-order valence-electron chi connectivity index (χ3n) is 5.88. The highest BCUT2D eigenvalue weighted by atomic mass is 16.6. The van der Waals surface area contributed by atoms with E-state index in [-0.39, 0.29) is 18.5 Å². The number of rotatable bonds is 12. The molecule has 1 aliphatic heterocycles. The van der Waals surface area contributed by atoms with Gasteiger partial charge in [0.1, 0.15) is 36.6 Å². The van der Waals surface area contributed by atoms with Crippen LogP contribution < -0.4 is 9.47 Å². The van der Waals surface area contributed by atoms with Crippen molar-refractivity contribution in [2.75, 3.05) is 19.8 Å². The second-order valence-corrected chi connectivity index (χ2v) is 9.78. The summed E-state index contributed by atoms with van der Waals surface area (Å²) in [5.41, 5.74) is 6.53. The van der Waals surface area contributed by atoms with Gasteiger partial charge in [-0.15, -0.1) is 0 Å². The molecule has 0 amide bonds. The lowest BCUT2D eigenvalue weighted by Crippen LogP contribution is -2.19. The van der Waals surface area contributed by atoms with Gasteiger partial charge >= 0.3 is 0 Å². The molecule has 1 N–H and O–H groups in total. The minimum absolute atomic E-state index is 0.185. The van der Waals surface area contributed by atoms with Crippen molar-refractivity contribution in [2.45, 2.75) is 73.0 Å². The lowest BCUT2D eigenvalue weighted by Gasteiger charge is -2.18. The number of epoxide rings is 1. The molecule has 2 aromatic carbocycles. The SMILES string of the molecule is Cc1cc(-c2cc(C)c(OCC3CO3)c(C)c2)cc(C)c1OCC(O)CCC(=O)CC(C)C. The van der Waals surface area contributed by atoms with E-state index in [1.807, 2.05) is 27.7 Å². The Kier molecular flexibility index (Phi) is 8.55. The van der Waals surface area contributed by atoms with Gasteiger partial charge in [-0.3, -0.25) is 4.79 Å². The first kappa shape index (κ1) is 25.3. The first-order chi connectivity index (χ1) is 15.6. The number of ether oxygens (including phenoxy) is 3. The minimum atomic E-state index is -0.654. The summed E-state index contributed by atoms with van der Waals surface area (Å²) in [7, 11) is 0. The summed E-state index contributed by atoms with van der Waals surface area (Å²) in [6.45, 7) is 13.8. The summed E-state index contributed by atoms with van der Waals surface area (Å²) in [4.78, 5) is 11.9. The average Bonchev–Trinajstić information content (AvgIpc) is 3.54. The number of carbonyl (C=O) groups is 1. The quantitative estimate of drug-likeness (QED) is 0.429. The van der Waals surface area contributed by atoms with Crippen LogP contribution in [0.2, 0.25) is 0 Å². The minimum Gasteiger partial charge on any atom is -0.490 e. The third kappa shape index (κ3) is 7.31. The molecule has 1 aliphatic rings. The average molecular weight is 455 g/mol. The van der Waals surface area contributed by atoms with E-state index in [4.69, 9.17) is 14.2 Å². The van der Waals surface area contributed by atoms with Crippen molar-refractivity contribution in [1.29, 1.82) is 0 Å². The summed E-state index contributed by atoms with van der Waals surface area (Å²) >= 11 is 0. The molecule has 1 heterocycles. The number of carbonyl (C=O) groups excluding carboxylic acids is 1. The van der Waals surface area contributed by atoms with E-state index in [1.54, 1.807) is 0 Å². The predicted molar refractivity (Wildman–Crippen MR) is 131 cm³/mol. The fourth-order valence-electron chi connectivity index (χ4n) is 4.18. The van der Waals surface area contributed by atoms with Crippen molar-refractivity contribution in [1.82, 2.24) is 0 Å². The van der Waals surface area contributed by atoms with Crippen LogP contribution in [0.25, 0.3) is 11.1 Å². The van der Waals surface area contributed by atoms with Crippen molar-refractivity contribution in [3.8, 4) is 22.6 Å². The molecule has 0 spiro atoms. The molecule has 0 radical (unpaired) electrons. The van der Waals surface area contributed by atoms with Crippen molar-refractivity contribution in [3.63, 3.8) is 0 Å². The molecule has 0 bridgehead atoms. The normalized spacial score (nSPS) is 16.1. The van der Waals surface area contributed by atoms with Crippen molar-refractivity contribution in [3.05, 3.63) is 46.5 Å². The van der Waals surface area contributed by atoms with Crippen molar-refractivity contribution >= 4 is 5.78 Å². The number of hydrogen-bond acceptors (Lipinski definition) is 5. The molecule has 0 aliphatic carbocycles. The fourth-order valence-corrected chi connectivity index (χ4v) is 4.18. The summed E-state index contributed by atoms with van der Waals surface area (Å²) in [6, 6.07) is 8.55. The molecule has 180 valence electrons. The van der Waals surface area contributed by atoms with Gasteiger partial charge in [0.15, 0.2) is 0 Å². The Morgan fingerprint density at radius 2 is 1.45 bits per heavy atom. The van der Waals surface area contributed by atoms with Crippen molar-refractivity contribution in [2.24, 2.45) is 5.92 Å². The lowest BCUT2D eigenvalue weighted by molar-refractivity contribution is -0.120. The smallest absolute Gasteiger partial charge is 0.133 e. The van der Waals surface area contributed by atoms with Crippen LogP contribution >= 0.6 is 0 Å². The number of Topliss-reactive ketones (excluding diaryl/α,β-unsaturated/α-hetero) is 1. The number of aliphatic hydroxyl groups is 1. The lowest BCUT2D eigenvalue weighted by atomic mass is 9.96. The first-order valence-electron chi connectivity index (χ1n) is 11.9. The molecule has 0 aromatic heterocycles. The summed E-state index contributed by atoms with van der Waals surface area (Å²) in [5, 5.41) is 10.3. The number of ketones is 1. The Morgan fingerprint density at radius 1 is 0.970 bits per heavy atom. The van der Waals surface area contributed by atoms with Gasteiger partial charge in [-0.05, 0) is 97.7 Å². The summed E-state index contributed by atoms with van der Waals surface area (Å²) in [5.74, 6) is 2.28. The molecule has 0 saturated carbocycles. The number of aryl methyl sites for hydroxylation is 4. The van der Waals surface area contributed by atoms with Gasteiger partial charge in [-0.1, -0.05) is 13.8 Å². The van der Waals surface area contributed by atoms with Crippen LogP contribution in [0, 0.1) is 33.6 Å². The van der Waals surface area contributed by atoms with Gasteiger partial charge in [-0.2, -0.15) is 0 Å². The van der Waals surface area contributed by atoms with E-state index >= 15 is 0 Å². The number of hydrogen-bond donors (Lipinski definition) is 1. The summed E-state index contributed by atoms with van der Waals surface area (Å²) in [6.07, 6.45) is 0.973. The highest BCUT2D eigenvalue weighted by Crippen LogP contribution is 2.34. The molecule has 2 atom stereocenters. The van der Waals surface area contributed by atoms with Crippen LogP contribution in [0.15, 0.2) is 24.3 Å². The van der Waals surface area contributed by atoms with Gasteiger partial charge in [0.05, 0.1) is 12.7 Å². The fraction of sp³-hybridized carbons (Fsp3) is 0.536. The van der Waals surface area contributed by atoms with Crippen molar-refractivity contribution < 1.29 is 24.1 Å². The predicted octanol–water partition coefficient (Wildman–Crippen LogP) is 5.50. The molecule has 5 nitrogen and oxygen atoms in total. The molecule has 1 fully saturated rings. The standard InChI is InChI=1S/C28H38O5/c1-17(2)9-24(29)7-8-25(30)14-32-27-18(3)10-22(11-19(27)4)23-12-20(5)28(21(6)13-23)33-16-26-15-31-26/h10-13,17,25-26,30H,7-9,14-16H2,1-6H3. The van der Waals surface area contributed by atoms with Crippen LogP contribution in [0.5, 0.6) is 11.5 Å².